The molecule has 1 aliphatic carbocycles. The number of oxime groups is 1. The molecule has 0 bridgehead atoms. The van der Waals surface area contributed by atoms with Crippen LogP contribution in [0.5, 0.6) is 0 Å². The Morgan fingerprint density at radius 3 is 2.62 bits per heavy atom. The average molecular weight is 227 g/mol. The third kappa shape index (κ3) is 2.46. The summed E-state index contributed by atoms with van der Waals surface area (Å²) in [7, 11) is 0. The molecule has 5 heteroatoms. The Morgan fingerprint density at radius 2 is 2.19 bits per heavy atom. The summed E-state index contributed by atoms with van der Waals surface area (Å²) >= 11 is 0. The molecule has 1 fully saturated rings. The van der Waals surface area contributed by atoms with Crippen LogP contribution in [0.4, 0.5) is 0 Å². The van der Waals surface area contributed by atoms with Crippen LogP contribution in [0.2, 0.25) is 0 Å². The van der Waals surface area contributed by atoms with E-state index in [1.807, 2.05) is 0 Å². The Balaban J connectivity index is 2.44. The summed E-state index contributed by atoms with van der Waals surface area (Å²) in [5.41, 5.74) is 4.85. The minimum atomic E-state index is -0.735. The van der Waals surface area contributed by atoms with E-state index in [4.69, 9.17) is 10.9 Å². The lowest BCUT2D eigenvalue weighted by Gasteiger charge is -2.38. The Labute approximate surface area is 96.1 Å². The summed E-state index contributed by atoms with van der Waals surface area (Å²) < 4.78 is 0. The van der Waals surface area contributed by atoms with E-state index in [9.17, 15) is 4.79 Å². The molecule has 0 atom stereocenters. The van der Waals surface area contributed by atoms with Crippen molar-refractivity contribution in [3.63, 3.8) is 0 Å². The van der Waals surface area contributed by atoms with E-state index in [-0.39, 0.29) is 11.7 Å². The Kier molecular flexibility index (Phi) is 4.58. The van der Waals surface area contributed by atoms with Gasteiger partial charge in [0.1, 0.15) is 5.41 Å². The first-order chi connectivity index (χ1) is 7.67. The highest BCUT2D eigenvalue weighted by molar-refractivity contribution is 6.07. The zero-order valence-electron chi connectivity index (χ0n) is 9.83. The molecule has 0 aliphatic heterocycles. The Morgan fingerprint density at radius 1 is 1.50 bits per heavy atom. The van der Waals surface area contributed by atoms with Crippen LogP contribution in [0, 0.1) is 5.41 Å². The number of rotatable bonds is 6. The van der Waals surface area contributed by atoms with E-state index < -0.39 is 5.41 Å². The van der Waals surface area contributed by atoms with Gasteiger partial charge in [-0.2, -0.15) is 0 Å². The van der Waals surface area contributed by atoms with Gasteiger partial charge in [-0.3, -0.25) is 4.79 Å². The van der Waals surface area contributed by atoms with Crippen molar-refractivity contribution in [2.24, 2.45) is 16.3 Å². The summed E-state index contributed by atoms with van der Waals surface area (Å²) in [4.78, 5) is 11.9. The zero-order valence-corrected chi connectivity index (χ0v) is 9.83. The van der Waals surface area contributed by atoms with E-state index >= 15 is 0 Å². The number of hydrogen-bond acceptors (Lipinski definition) is 3. The maximum Gasteiger partial charge on any atom is 0.233 e. The number of unbranched alkanes of at least 4 members (excludes halogenated alkanes) is 2. The van der Waals surface area contributed by atoms with Gasteiger partial charge in [0.15, 0.2) is 5.84 Å². The van der Waals surface area contributed by atoms with E-state index in [2.05, 4.69) is 17.4 Å². The molecular weight excluding hydrogens is 206 g/mol. The first kappa shape index (κ1) is 12.8. The number of carbonyl (C=O) groups is 1. The fourth-order valence-corrected chi connectivity index (χ4v) is 1.97. The standard InChI is InChI=1S/C11H21N3O2/c1-2-3-4-8-13-10(15)11(6-5-7-11)9(12)14-16/h16H,2-8H2,1H3,(H2,12,14)(H,13,15). The molecule has 0 aromatic rings. The predicted molar refractivity (Wildman–Crippen MR) is 62.2 cm³/mol. The summed E-state index contributed by atoms with van der Waals surface area (Å²) in [6, 6.07) is 0. The topological polar surface area (TPSA) is 87.7 Å². The summed E-state index contributed by atoms with van der Waals surface area (Å²) in [6.45, 7) is 2.79. The highest BCUT2D eigenvalue weighted by Crippen LogP contribution is 2.41. The molecule has 5 nitrogen and oxygen atoms in total. The van der Waals surface area contributed by atoms with E-state index in [1.54, 1.807) is 0 Å². The van der Waals surface area contributed by atoms with Crippen molar-refractivity contribution in [3.8, 4) is 0 Å². The van der Waals surface area contributed by atoms with Crippen LogP contribution in [0.1, 0.15) is 45.4 Å². The summed E-state index contributed by atoms with van der Waals surface area (Å²) in [6.07, 6.45) is 5.54. The van der Waals surface area contributed by atoms with Gasteiger partial charge in [0.25, 0.3) is 0 Å². The number of nitrogens with one attached hydrogen (secondary N) is 1. The largest absolute Gasteiger partial charge is 0.409 e. The van der Waals surface area contributed by atoms with Crippen molar-refractivity contribution in [2.75, 3.05) is 6.54 Å². The second-order valence-corrected chi connectivity index (χ2v) is 4.38. The molecule has 16 heavy (non-hydrogen) atoms. The lowest BCUT2D eigenvalue weighted by atomic mass is 9.67. The molecule has 0 unspecified atom stereocenters. The van der Waals surface area contributed by atoms with Crippen LogP contribution in [0.3, 0.4) is 0 Å². The van der Waals surface area contributed by atoms with Crippen LogP contribution in [-0.2, 0) is 4.79 Å². The van der Waals surface area contributed by atoms with Gasteiger partial charge in [0.05, 0.1) is 0 Å². The van der Waals surface area contributed by atoms with Gasteiger partial charge in [-0.25, -0.2) is 0 Å². The van der Waals surface area contributed by atoms with Crippen LogP contribution in [-0.4, -0.2) is 23.5 Å². The van der Waals surface area contributed by atoms with Gasteiger partial charge >= 0.3 is 0 Å². The van der Waals surface area contributed by atoms with Gasteiger partial charge in [0.2, 0.25) is 5.91 Å². The lowest BCUT2D eigenvalue weighted by Crippen LogP contribution is -2.54. The Hall–Kier alpha value is -1.26. The molecule has 0 spiro atoms. The molecular formula is C11H21N3O2. The normalized spacial score (nSPS) is 18.9. The fraction of sp³-hybridized carbons (Fsp3) is 0.818. The average Bonchev–Trinajstić information content (AvgIpc) is 2.22. The second kappa shape index (κ2) is 5.72. The number of carbonyl (C=O) groups excluding carboxylic acids is 1. The number of nitrogens with two attached hydrogens (primary N) is 1. The first-order valence-electron chi connectivity index (χ1n) is 5.93. The van der Waals surface area contributed by atoms with Crippen molar-refractivity contribution in [1.29, 1.82) is 0 Å². The fourth-order valence-electron chi connectivity index (χ4n) is 1.97. The molecule has 0 radical (unpaired) electrons. The summed E-state index contributed by atoms with van der Waals surface area (Å²) in [5.74, 6) is -0.0445. The highest BCUT2D eigenvalue weighted by atomic mass is 16.4. The molecule has 0 aromatic heterocycles. The van der Waals surface area contributed by atoms with Crippen molar-refractivity contribution in [1.82, 2.24) is 5.32 Å². The van der Waals surface area contributed by atoms with E-state index in [1.165, 1.54) is 0 Å². The van der Waals surface area contributed by atoms with Crippen LogP contribution < -0.4 is 11.1 Å². The van der Waals surface area contributed by atoms with Gasteiger partial charge in [-0.05, 0) is 19.3 Å². The third-order valence-electron chi connectivity index (χ3n) is 3.31. The van der Waals surface area contributed by atoms with Crippen LogP contribution in [0.15, 0.2) is 5.16 Å². The SMILES string of the molecule is CCCCCNC(=O)C1(C(N)=NO)CCC1. The molecule has 0 aromatic carbocycles. The van der Waals surface area contributed by atoms with Crippen LogP contribution in [0.25, 0.3) is 0 Å². The second-order valence-electron chi connectivity index (χ2n) is 4.38. The molecule has 0 saturated heterocycles. The molecule has 0 heterocycles. The monoisotopic (exact) mass is 227 g/mol. The van der Waals surface area contributed by atoms with Crippen molar-refractivity contribution >= 4 is 11.7 Å². The molecule has 1 rings (SSSR count). The quantitative estimate of drug-likeness (QED) is 0.209. The lowest BCUT2D eigenvalue weighted by molar-refractivity contribution is -0.131. The minimum absolute atomic E-state index is 0.0479. The third-order valence-corrected chi connectivity index (χ3v) is 3.31. The predicted octanol–water partition coefficient (Wildman–Crippen LogP) is 1.21. The summed E-state index contributed by atoms with van der Waals surface area (Å²) in [5, 5.41) is 14.5. The first-order valence-corrected chi connectivity index (χ1v) is 5.93. The molecule has 1 saturated carbocycles. The van der Waals surface area contributed by atoms with Gasteiger partial charge in [-0.15, -0.1) is 0 Å². The van der Waals surface area contributed by atoms with E-state index in [0.717, 1.165) is 25.7 Å². The number of amidine groups is 1. The zero-order chi connectivity index (χ0) is 12.0. The number of amides is 1. The van der Waals surface area contributed by atoms with Crippen LogP contribution >= 0.6 is 0 Å². The molecule has 1 aliphatic rings. The number of hydrogen-bond donors (Lipinski definition) is 3. The van der Waals surface area contributed by atoms with Gasteiger partial charge < -0.3 is 16.3 Å². The molecule has 1 amide bonds. The molecule has 92 valence electrons. The highest BCUT2D eigenvalue weighted by Gasteiger charge is 2.48. The minimum Gasteiger partial charge on any atom is -0.409 e. The van der Waals surface area contributed by atoms with Crippen molar-refractivity contribution < 1.29 is 10.0 Å². The maximum atomic E-state index is 11.9. The Bertz CT molecular complexity index is 272. The van der Waals surface area contributed by atoms with Crippen molar-refractivity contribution in [3.05, 3.63) is 0 Å². The maximum absolute atomic E-state index is 11.9. The smallest absolute Gasteiger partial charge is 0.233 e. The van der Waals surface area contributed by atoms with E-state index in [0.29, 0.717) is 19.4 Å². The van der Waals surface area contributed by atoms with Gasteiger partial charge in [0, 0.05) is 6.54 Å². The number of nitrogens with zero attached hydrogens (tertiary/aromatic N) is 1. The van der Waals surface area contributed by atoms with Gasteiger partial charge in [-0.1, -0.05) is 31.3 Å². The van der Waals surface area contributed by atoms with Crippen molar-refractivity contribution in [2.45, 2.75) is 45.4 Å². The molecule has 4 N–H and O–H groups in total.